The van der Waals surface area contributed by atoms with E-state index in [0.29, 0.717) is 0 Å². The quantitative estimate of drug-likeness (QED) is 0.699. The molecule has 0 bridgehead atoms. The number of rotatable bonds is 3. The van der Waals surface area contributed by atoms with Crippen LogP contribution in [0.5, 0.6) is 0 Å². The molecule has 0 radical (unpaired) electrons. The number of thiophene rings is 1. The fourth-order valence-corrected chi connectivity index (χ4v) is 2.28. The van der Waals surface area contributed by atoms with Gasteiger partial charge >= 0.3 is 0 Å². The molecular formula is C9H13BrS. The van der Waals surface area contributed by atoms with Crippen molar-refractivity contribution in [3.8, 4) is 0 Å². The minimum Gasteiger partial charge on any atom is -0.146 e. The molecule has 1 aromatic heterocycles. The van der Waals surface area contributed by atoms with Crippen molar-refractivity contribution in [2.24, 2.45) is 5.92 Å². The monoisotopic (exact) mass is 232 g/mol. The third-order valence-electron chi connectivity index (χ3n) is 1.61. The molecule has 0 aliphatic carbocycles. The minimum absolute atomic E-state index is 0.757. The lowest BCUT2D eigenvalue weighted by Crippen LogP contribution is -1.98. The molecule has 2 heteroatoms. The largest absolute Gasteiger partial charge is 0.146 e. The molecule has 1 aromatic rings. The number of aryl methyl sites for hydroxylation is 1. The summed E-state index contributed by atoms with van der Waals surface area (Å²) >= 11 is 5.39. The second-order valence-corrected chi connectivity index (χ2v) is 5.00. The maximum Gasteiger partial charge on any atom is 0.00605 e. The van der Waals surface area contributed by atoms with Crippen LogP contribution in [-0.4, -0.2) is 5.33 Å². The smallest absolute Gasteiger partial charge is 0.00605 e. The predicted molar refractivity (Wildman–Crippen MR) is 55.7 cm³/mol. The first-order chi connectivity index (χ1) is 5.22. The van der Waals surface area contributed by atoms with Crippen LogP contribution >= 0.6 is 27.3 Å². The van der Waals surface area contributed by atoms with Gasteiger partial charge < -0.3 is 0 Å². The minimum atomic E-state index is 0.757. The highest BCUT2D eigenvalue weighted by atomic mass is 79.9. The van der Waals surface area contributed by atoms with Gasteiger partial charge in [-0.2, -0.15) is 0 Å². The summed E-state index contributed by atoms with van der Waals surface area (Å²) in [6, 6.07) is 4.43. The molecule has 62 valence electrons. The Morgan fingerprint density at radius 3 is 2.73 bits per heavy atom. The van der Waals surface area contributed by atoms with E-state index in [9.17, 15) is 0 Å². The maximum absolute atomic E-state index is 3.48. The van der Waals surface area contributed by atoms with Crippen molar-refractivity contribution in [1.29, 1.82) is 0 Å². The first kappa shape index (κ1) is 9.27. The Hall–Kier alpha value is 0.180. The molecule has 1 heterocycles. The molecule has 1 atom stereocenters. The molecular weight excluding hydrogens is 220 g/mol. The van der Waals surface area contributed by atoms with Gasteiger partial charge in [-0.05, 0) is 31.4 Å². The normalized spacial score (nSPS) is 13.4. The molecule has 0 saturated heterocycles. The summed E-state index contributed by atoms with van der Waals surface area (Å²) < 4.78 is 0. The third-order valence-corrected chi connectivity index (χ3v) is 3.74. The van der Waals surface area contributed by atoms with Crippen LogP contribution in [0, 0.1) is 12.8 Å². The Morgan fingerprint density at radius 2 is 2.27 bits per heavy atom. The molecule has 0 aliphatic heterocycles. The maximum atomic E-state index is 3.48. The van der Waals surface area contributed by atoms with Gasteiger partial charge in [0.15, 0.2) is 0 Å². The Kier molecular flexibility index (Phi) is 3.60. The molecule has 0 N–H and O–H groups in total. The lowest BCUT2D eigenvalue weighted by molar-refractivity contribution is 0.670. The van der Waals surface area contributed by atoms with Crippen LogP contribution in [0.4, 0.5) is 0 Å². The lowest BCUT2D eigenvalue weighted by Gasteiger charge is -2.03. The van der Waals surface area contributed by atoms with Crippen LogP contribution in [0.25, 0.3) is 0 Å². The second-order valence-electron chi connectivity index (χ2n) is 2.98. The zero-order valence-electron chi connectivity index (χ0n) is 6.93. The lowest BCUT2D eigenvalue weighted by atomic mass is 10.1. The molecule has 0 amide bonds. The fourth-order valence-electron chi connectivity index (χ4n) is 0.993. The van der Waals surface area contributed by atoms with E-state index in [0.717, 1.165) is 11.2 Å². The number of halogens is 1. The van der Waals surface area contributed by atoms with E-state index < -0.39 is 0 Å². The average Bonchev–Trinajstić information content (AvgIpc) is 2.35. The molecule has 0 fully saturated rings. The third kappa shape index (κ3) is 2.96. The van der Waals surface area contributed by atoms with Crippen molar-refractivity contribution < 1.29 is 0 Å². The second kappa shape index (κ2) is 4.27. The molecule has 0 spiro atoms. The molecule has 0 aliphatic rings. The van der Waals surface area contributed by atoms with Crippen LogP contribution in [0.3, 0.4) is 0 Å². The van der Waals surface area contributed by atoms with Crippen LogP contribution in [0.15, 0.2) is 12.1 Å². The zero-order valence-corrected chi connectivity index (χ0v) is 9.33. The standard InChI is InChI=1S/C9H13BrS/c1-7(6-10)5-9-4-3-8(2)11-9/h3-4,7H,5-6H2,1-2H3. The van der Waals surface area contributed by atoms with Gasteiger partial charge in [-0.3, -0.25) is 0 Å². The van der Waals surface area contributed by atoms with Gasteiger partial charge in [-0.15, -0.1) is 11.3 Å². The predicted octanol–water partition coefficient (Wildman–Crippen LogP) is 3.63. The van der Waals surface area contributed by atoms with Gasteiger partial charge in [-0.1, -0.05) is 22.9 Å². The van der Waals surface area contributed by atoms with Gasteiger partial charge in [0.2, 0.25) is 0 Å². The number of hydrogen-bond donors (Lipinski definition) is 0. The van der Waals surface area contributed by atoms with Gasteiger partial charge in [0.25, 0.3) is 0 Å². The summed E-state index contributed by atoms with van der Waals surface area (Å²) in [6.45, 7) is 4.43. The van der Waals surface area contributed by atoms with Crippen molar-refractivity contribution in [2.45, 2.75) is 20.3 Å². The average molecular weight is 233 g/mol. The molecule has 0 nitrogen and oxygen atoms in total. The van der Waals surface area contributed by atoms with E-state index in [1.54, 1.807) is 0 Å². The van der Waals surface area contributed by atoms with E-state index in [2.05, 4.69) is 41.9 Å². The van der Waals surface area contributed by atoms with Crippen molar-refractivity contribution >= 4 is 27.3 Å². The Bertz CT molecular complexity index is 217. The van der Waals surface area contributed by atoms with Gasteiger partial charge in [0.1, 0.15) is 0 Å². The van der Waals surface area contributed by atoms with Crippen molar-refractivity contribution in [3.63, 3.8) is 0 Å². The first-order valence-electron chi connectivity index (χ1n) is 3.83. The topological polar surface area (TPSA) is 0 Å². The van der Waals surface area contributed by atoms with Gasteiger partial charge in [0.05, 0.1) is 0 Å². The number of alkyl halides is 1. The summed E-state index contributed by atoms with van der Waals surface area (Å²) in [5.74, 6) is 0.757. The molecule has 1 rings (SSSR count). The van der Waals surface area contributed by atoms with E-state index in [1.165, 1.54) is 16.2 Å². The highest BCUT2D eigenvalue weighted by Gasteiger charge is 2.02. The van der Waals surface area contributed by atoms with Crippen molar-refractivity contribution in [3.05, 3.63) is 21.9 Å². The van der Waals surface area contributed by atoms with E-state index >= 15 is 0 Å². The SMILES string of the molecule is Cc1ccc(CC(C)CBr)s1. The molecule has 0 aromatic carbocycles. The summed E-state index contributed by atoms with van der Waals surface area (Å²) in [5.41, 5.74) is 0. The fraction of sp³-hybridized carbons (Fsp3) is 0.556. The first-order valence-corrected chi connectivity index (χ1v) is 5.77. The summed E-state index contributed by atoms with van der Waals surface area (Å²) in [5, 5.41) is 1.10. The zero-order chi connectivity index (χ0) is 8.27. The summed E-state index contributed by atoms with van der Waals surface area (Å²) in [6.07, 6.45) is 1.21. The van der Waals surface area contributed by atoms with E-state index in [1.807, 2.05) is 11.3 Å². The van der Waals surface area contributed by atoms with Crippen LogP contribution in [0.1, 0.15) is 16.7 Å². The van der Waals surface area contributed by atoms with E-state index in [4.69, 9.17) is 0 Å². The number of hydrogen-bond acceptors (Lipinski definition) is 1. The van der Waals surface area contributed by atoms with Gasteiger partial charge in [-0.25, -0.2) is 0 Å². The Labute approximate surface area is 80.8 Å². The highest BCUT2D eigenvalue weighted by molar-refractivity contribution is 9.09. The molecule has 11 heavy (non-hydrogen) atoms. The van der Waals surface area contributed by atoms with Crippen molar-refractivity contribution in [1.82, 2.24) is 0 Å². The van der Waals surface area contributed by atoms with Crippen LogP contribution < -0.4 is 0 Å². The molecule has 0 saturated carbocycles. The Morgan fingerprint density at radius 1 is 1.55 bits per heavy atom. The Balaban J connectivity index is 2.50. The van der Waals surface area contributed by atoms with Gasteiger partial charge in [0, 0.05) is 15.1 Å². The van der Waals surface area contributed by atoms with E-state index in [-0.39, 0.29) is 0 Å². The highest BCUT2D eigenvalue weighted by Crippen LogP contribution is 2.19. The van der Waals surface area contributed by atoms with Crippen LogP contribution in [-0.2, 0) is 6.42 Å². The van der Waals surface area contributed by atoms with Crippen LogP contribution in [0.2, 0.25) is 0 Å². The molecule has 1 unspecified atom stereocenters. The summed E-state index contributed by atoms with van der Waals surface area (Å²) in [4.78, 5) is 2.93. The summed E-state index contributed by atoms with van der Waals surface area (Å²) in [7, 11) is 0. The van der Waals surface area contributed by atoms with Crippen molar-refractivity contribution in [2.75, 3.05) is 5.33 Å².